The predicted octanol–water partition coefficient (Wildman–Crippen LogP) is 4.68. The Morgan fingerprint density at radius 2 is 1.97 bits per heavy atom. The molecule has 1 aliphatic heterocycles. The summed E-state index contributed by atoms with van der Waals surface area (Å²) < 4.78 is 34.5. The normalized spacial score (nSPS) is 18.5. The molecule has 0 saturated heterocycles. The number of methoxy groups -OCH3 is 1. The zero-order valence-electron chi connectivity index (χ0n) is 19.8. The lowest BCUT2D eigenvalue weighted by Crippen LogP contribution is -2.43. The van der Waals surface area contributed by atoms with Crippen LogP contribution >= 0.6 is 22.9 Å². The van der Waals surface area contributed by atoms with Gasteiger partial charge in [0.25, 0.3) is 5.91 Å². The van der Waals surface area contributed by atoms with Gasteiger partial charge in [0.1, 0.15) is 10.9 Å². The fraction of sp³-hybridized carbons (Fsp3) is 0.375. The Hall–Kier alpha value is -3.22. The van der Waals surface area contributed by atoms with Gasteiger partial charge in [-0.2, -0.15) is 8.78 Å². The quantitative estimate of drug-likeness (QED) is 0.426. The van der Waals surface area contributed by atoms with Gasteiger partial charge in [0, 0.05) is 28.9 Å². The van der Waals surface area contributed by atoms with E-state index in [0.717, 1.165) is 4.88 Å². The monoisotopic (exact) mass is 549 g/mol. The van der Waals surface area contributed by atoms with Crippen LogP contribution in [0.2, 0.25) is 5.15 Å². The third-order valence-electron chi connectivity index (χ3n) is 6.35. The Morgan fingerprint density at radius 1 is 1.19 bits per heavy atom. The molecule has 13 heteroatoms. The zero-order chi connectivity index (χ0) is 26.3. The fourth-order valence-corrected chi connectivity index (χ4v) is 5.59. The largest absolute Gasteiger partial charge is 0.494 e. The number of aryl methyl sites for hydroxylation is 1. The summed E-state index contributed by atoms with van der Waals surface area (Å²) in [6.45, 7) is -0.340. The highest BCUT2D eigenvalue weighted by molar-refractivity contribution is 7.16. The first-order valence-electron chi connectivity index (χ1n) is 11.4. The SMILES string of the molecule is COc1cnc(Cl)cc1-c1cc(C)ncc1C(=O)Nc1nc2c(s1)CN(C(=O)C1CC(OC(F)F)C1)C2. The molecular formula is C24H22ClF2N5O4S. The Bertz CT molecular complexity index is 1340. The van der Waals surface area contributed by atoms with Crippen molar-refractivity contribution in [2.75, 3.05) is 12.4 Å². The summed E-state index contributed by atoms with van der Waals surface area (Å²) in [6.07, 6.45) is 2.99. The number of nitrogens with one attached hydrogen (secondary N) is 1. The van der Waals surface area contributed by atoms with Crippen LogP contribution in [-0.2, 0) is 22.6 Å². The Balaban J connectivity index is 1.27. The van der Waals surface area contributed by atoms with Crippen LogP contribution in [0.25, 0.3) is 11.1 Å². The lowest BCUT2D eigenvalue weighted by atomic mass is 9.81. The topological polar surface area (TPSA) is 107 Å². The van der Waals surface area contributed by atoms with Crippen molar-refractivity contribution in [3.05, 3.63) is 51.5 Å². The van der Waals surface area contributed by atoms with Crippen molar-refractivity contribution in [2.45, 2.75) is 45.6 Å². The van der Waals surface area contributed by atoms with Gasteiger partial charge in [-0.3, -0.25) is 19.9 Å². The number of carbonyl (C=O) groups excluding carboxylic acids is 2. The van der Waals surface area contributed by atoms with Gasteiger partial charge in [-0.1, -0.05) is 22.9 Å². The molecule has 5 rings (SSSR count). The fourth-order valence-electron chi connectivity index (χ4n) is 4.45. The molecule has 1 fully saturated rings. The van der Waals surface area contributed by atoms with Crippen molar-refractivity contribution < 1.29 is 27.8 Å². The summed E-state index contributed by atoms with van der Waals surface area (Å²) >= 11 is 7.40. The molecule has 194 valence electrons. The third kappa shape index (κ3) is 5.27. The van der Waals surface area contributed by atoms with Gasteiger partial charge < -0.3 is 14.4 Å². The first kappa shape index (κ1) is 25.4. The van der Waals surface area contributed by atoms with Crippen molar-refractivity contribution in [3.63, 3.8) is 0 Å². The van der Waals surface area contributed by atoms with Crippen LogP contribution in [-0.4, -0.2) is 51.5 Å². The molecule has 1 aliphatic carbocycles. The Labute approximate surface area is 219 Å². The number of hydrogen-bond acceptors (Lipinski definition) is 8. The van der Waals surface area contributed by atoms with Crippen molar-refractivity contribution in [3.8, 4) is 16.9 Å². The molecule has 4 heterocycles. The van der Waals surface area contributed by atoms with Crippen LogP contribution in [0.1, 0.15) is 39.5 Å². The van der Waals surface area contributed by atoms with Crippen molar-refractivity contribution >= 4 is 39.9 Å². The summed E-state index contributed by atoms with van der Waals surface area (Å²) in [5.74, 6) is -0.355. The first-order chi connectivity index (χ1) is 17.7. The number of rotatable bonds is 7. The van der Waals surface area contributed by atoms with Gasteiger partial charge in [-0.25, -0.2) is 9.97 Å². The highest BCUT2D eigenvalue weighted by Gasteiger charge is 2.40. The number of thiazole rings is 1. The van der Waals surface area contributed by atoms with Crippen LogP contribution in [0.3, 0.4) is 0 Å². The number of amides is 2. The second-order valence-corrected chi connectivity index (χ2v) is 10.3. The molecule has 2 amide bonds. The number of pyridine rings is 2. The molecule has 0 atom stereocenters. The zero-order valence-corrected chi connectivity index (χ0v) is 21.4. The standard InChI is InChI=1S/C24H22ClF2N5O4S/c1-11-3-14(15-6-20(25)29-8-18(15)35-2)16(7-28-11)21(33)31-24-30-17-9-32(10-19(17)37-24)22(34)12-4-13(5-12)36-23(26)27/h3,6-8,12-13,23H,4-5,9-10H2,1-2H3,(H,30,31,33). The molecule has 1 N–H and O–H groups in total. The van der Waals surface area contributed by atoms with Crippen LogP contribution < -0.4 is 10.1 Å². The van der Waals surface area contributed by atoms with Crippen LogP contribution in [0.15, 0.2) is 24.5 Å². The maximum Gasteiger partial charge on any atom is 0.345 e. The van der Waals surface area contributed by atoms with E-state index in [-0.39, 0.29) is 17.0 Å². The van der Waals surface area contributed by atoms with Gasteiger partial charge in [-0.15, -0.1) is 0 Å². The number of hydrogen-bond donors (Lipinski definition) is 1. The summed E-state index contributed by atoms with van der Waals surface area (Å²) in [5.41, 5.74) is 2.91. The molecule has 3 aromatic heterocycles. The average molecular weight is 550 g/mol. The van der Waals surface area contributed by atoms with E-state index in [0.29, 0.717) is 64.9 Å². The molecule has 0 radical (unpaired) electrons. The third-order valence-corrected chi connectivity index (χ3v) is 7.56. The molecule has 0 spiro atoms. The summed E-state index contributed by atoms with van der Waals surface area (Å²) in [7, 11) is 1.51. The summed E-state index contributed by atoms with van der Waals surface area (Å²) in [5, 5.41) is 3.49. The minimum Gasteiger partial charge on any atom is -0.494 e. The molecule has 0 aromatic carbocycles. The molecular weight excluding hydrogens is 528 g/mol. The molecule has 3 aromatic rings. The van der Waals surface area contributed by atoms with Gasteiger partial charge in [0.2, 0.25) is 5.91 Å². The van der Waals surface area contributed by atoms with Gasteiger partial charge in [-0.05, 0) is 31.9 Å². The number of aromatic nitrogens is 3. The van der Waals surface area contributed by atoms with Crippen molar-refractivity contribution in [1.82, 2.24) is 19.9 Å². The van der Waals surface area contributed by atoms with E-state index in [4.69, 9.17) is 16.3 Å². The number of nitrogens with zero attached hydrogens (tertiary/aromatic N) is 4. The number of alkyl halides is 2. The van der Waals surface area contributed by atoms with E-state index in [1.54, 1.807) is 17.0 Å². The van der Waals surface area contributed by atoms with E-state index >= 15 is 0 Å². The van der Waals surface area contributed by atoms with Crippen molar-refractivity contribution in [1.29, 1.82) is 0 Å². The maximum absolute atomic E-state index is 13.2. The van der Waals surface area contributed by atoms with E-state index in [9.17, 15) is 18.4 Å². The van der Waals surface area contributed by atoms with E-state index in [1.165, 1.54) is 30.8 Å². The lowest BCUT2D eigenvalue weighted by molar-refractivity contribution is -0.195. The van der Waals surface area contributed by atoms with Crippen LogP contribution in [0.5, 0.6) is 5.75 Å². The van der Waals surface area contributed by atoms with Gasteiger partial charge in [0.15, 0.2) is 5.13 Å². The minimum atomic E-state index is -2.83. The van der Waals surface area contributed by atoms with Gasteiger partial charge >= 0.3 is 6.61 Å². The molecule has 37 heavy (non-hydrogen) atoms. The number of ether oxygens (including phenoxy) is 2. The van der Waals surface area contributed by atoms with E-state index in [1.807, 2.05) is 6.92 Å². The molecule has 2 aliphatic rings. The average Bonchev–Trinajstić information content (AvgIpc) is 3.39. The second-order valence-electron chi connectivity index (χ2n) is 8.80. The number of carbonyl (C=O) groups is 2. The molecule has 9 nitrogen and oxygen atoms in total. The highest BCUT2D eigenvalue weighted by Crippen LogP contribution is 2.38. The Morgan fingerprint density at radius 3 is 2.68 bits per heavy atom. The number of anilines is 1. The van der Waals surface area contributed by atoms with Crippen LogP contribution in [0, 0.1) is 12.8 Å². The Kier molecular flexibility index (Phi) is 7.06. The number of fused-ring (bicyclic) bond motifs is 1. The van der Waals surface area contributed by atoms with E-state index in [2.05, 4.69) is 25.0 Å². The highest BCUT2D eigenvalue weighted by atomic mass is 35.5. The summed E-state index contributed by atoms with van der Waals surface area (Å²) in [6, 6.07) is 3.39. The van der Waals surface area contributed by atoms with Crippen molar-refractivity contribution in [2.24, 2.45) is 5.92 Å². The summed E-state index contributed by atoms with van der Waals surface area (Å²) in [4.78, 5) is 41.3. The minimum absolute atomic E-state index is 0.0924. The molecule has 0 unspecified atom stereocenters. The smallest absolute Gasteiger partial charge is 0.345 e. The first-order valence-corrected chi connectivity index (χ1v) is 12.6. The predicted molar refractivity (Wildman–Crippen MR) is 132 cm³/mol. The lowest BCUT2D eigenvalue weighted by Gasteiger charge is -2.35. The second kappa shape index (κ2) is 10.3. The molecule has 1 saturated carbocycles. The van der Waals surface area contributed by atoms with E-state index < -0.39 is 18.6 Å². The molecule has 0 bridgehead atoms. The number of halogens is 3. The van der Waals surface area contributed by atoms with Gasteiger partial charge in [0.05, 0.1) is 48.6 Å². The van der Waals surface area contributed by atoms with Crippen LogP contribution in [0.4, 0.5) is 13.9 Å². The maximum atomic E-state index is 13.2.